The second kappa shape index (κ2) is 7.22. The summed E-state index contributed by atoms with van der Waals surface area (Å²) < 4.78 is 42.9. The maximum atomic E-state index is 12.4. The van der Waals surface area contributed by atoms with Crippen LogP contribution in [0.2, 0.25) is 0 Å². The summed E-state index contributed by atoms with van der Waals surface area (Å²) in [7, 11) is 0. The molecule has 28 heavy (non-hydrogen) atoms. The van der Waals surface area contributed by atoms with Crippen molar-refractivity contribution < 1.29 is 37.5 Å². The number of rotatable bonds is 5. The van der Waals surface area contributed by atoms with E-state index in [1.54, 1.807) is 36.4 Å². The Labute approximate surface area is 155 Å². The number of fused-ring (bicyclic) bond motifs is 3. The predicted molar refractivity (Wildman–Crippen MR) is 92.3 cm³/mol. The van der Waals surface area contributed by atoms with E-state index in [-0.39, 0.29) is 11.3 Å². The number of carboxylic acid groups (broad SMARTS) is 1. The first kappa shape index (κ1) is 19.2. The van der Waals surface area contributed by atoms with Gasteiger partial charge >= 0.3 is 18.1 Å². The first-order valence-electron chi connectivity index (χ1n) is 7.94. The molecule has 1 aromatic heterocycles. The molecule has 1 atom stereocenters. The molecule has 0 saturated carbocycles. The minimum Gasteiger partial charge on any atom is -0.480 e. The molecule has 0 aliphatic carbocycles. The fourth-order valence-corrected chi connectivity index (χ4v) is 2.76. The molecule has 0 bridgehead atoms. The molecule has 146 valence electrons. The Morgan fingerprint density at radius 2 is 1.79 bits per heavy atom. The molecule has 2 aromatic carbocycles. The lowest BCUT2D eigenvalue weighted by atomic mass is 10.0. The van der Waals surface area contributed by atoms with Crippen molar-refractivity contribution in [3.05, 3.63) is 48.0 Å². The summed E-state index contributed by atoms with van der Waals surface area (Å²) in [4.78, 5) is 22.3. The zero-order valence-electron chi connectivity index (χ0n) is 14.0. The van der Waals surface area contributed by atoms with Crippen LogP contribution in [0.25, 0.3) is 21.9 Å². The number of carbonyl (C=O) groups is 2. The average molecular weight is 394 g/mol. The van der Waals surface area contributed by atoms with Gasteiger partial charge in [-0.05, 0) is 24.3 Å². The summed E-state index contributed by atoms with van der Waals surface area (Å²) in [6.07, 6.45) is -5.90. The van der Waals surface area contributed by atoms with Crippen molar-refractivity contribution in [1.29, 1.82) is 0 Å². The number of aliphatic carboxylic acids is 1. The third-order valence-corrected chi connectivity index (χ3v) is 4.09. The second-order valence-electron chi connectivity index (χ2n) is 5.92. The third-order valence-electron chi connectivity index (χ3n) is 4.09. The molecule has 3 N–H and O–H groups in total. The summed E-state index contributed by atoms with van der Waals surface area (Å²) in [5.41, 5.74) is 1.21. The molecule has 0 fully saturated rings. The summed E-state index contributed by atoms with van der Waals surface area (Å²) in [6, 6.07) is 9.81. The van der Waals surface area contributed by atoms with E-state index in [9.17, 15) is 28.0 Å². The van der Waals surface area contributed by atoms with E-state index < -0.39 is 30.5 Å². The summed E-state index contributed by atoms with van der Waals surface area (Å²) >= 11 is 0. The van der Waals surface area contributed by atoms with Crippen molar-refractivity contribution in [2.45, 2.75) is 18.6 Å². The maximum Gasteiger partial charge on any atom is 0.471 e. The summed E-state index contributed by atoms with van der Waals surface area (Å²) in [6.45, 7) is 0. The number of para-hydroxylation sites is 1. The molecule has 7 nitrogen and oxygen atoms in total. The Morgan fingerprint density at radius 1 is 1.11 bits per heavy atom. The van der Waals surface area contributed by atoms with Gasteiger partial charge in [-0.2, -0.15) is 13.2 Å². The SMILES string of the molecule is O=C(O)C(CC(=NO)c1ccc2oc3ccccc3c2c1)NC(=O)C(F)(F)F. The van der Waals surface area contributed by atoms with Crippen molar-refractivity contribution in [2.75, 3.05) is 0 Å². The van der Waals surface area contributed by atoms with Crippen molar-refractivity contribution in [1.82, 2.24) is 5.32 Å². The van der Waals surface area contributed by atoms with Crippen LogP contribution < -0.4 is 5.32 Å². The van der Waals surface area contributed by atoms with Crippen molar-refractivity contribution in [2.24, 2.45) is 5.16 Å². The van der Waals surface area contributed by atoms with Gasteiger partial charge in [0.2, 0.25) is 0 Å². The van der Waals surface area contributed by atoms with Gasteiger partial charge < -0.3 is 20.0 Å². The molecule has 3 aromatic rings. The molecule has 0 aliphatic rings. The lowest BCUT2D eigenvalue weighted by Crippen LogP contribution is -2.47. The monoisotopic (exact) mass is 394 g/mol. The number of benzene rings is 2. The largest absolute Gasteiger partial charge is 0.480 e. The van der Waals surface area contributed by atoms with Gasteiger partial charge in [0.25, 0.3) is 0 Å². The van der Waals surface area contributed by atoms with Gasteiger partial charge in [0, 0.05) is 22.8 Å². The van der Waals surface area contributed by atoms with Crippen molar-refractivity contribution in [3.63, 3.8) is 0 Å². The Bertz CT molecular complexity index is 1090. The number of furan rings is 1. The highest BCUT2D eigenvalue weighted by molar-refractivity contribution is 6.10. The van der Waals surface area contributed by atoms with Crippen molar-refractivity contribution >= 4 is 39.5 Å². The number of hydrogen-bond acceptors (Lipinski definition) is 5. The Kier molecular flexibility index (Phi) is 4.95. The van der Waals surface area contributed by atoms with Gasteiger partial charge in [0.15, 0.2) is 0 Å². The third kappa shape index (κ3) is 3.75. The number of oxime groups is 1. The van der Waals surface area contributed by atoms with E-state index in [0.29, 0.717) is 16.6 Å². The minimum atomic E-state index is -5.24. The van der Waals surface area contributed by atoms with E-state index >= 15 is 0 Å². The molecule has 0 spiro atoms. The molecule has 1 unspecified atom stereocenters. The van der Waals surface area contributed by atoms with Gasteiger partial charge in [-0.3, -0.25) is 4.79 Å². The van der Waals surface area contributed by atoms with Crippen LogP contribution in [0.3, 0.4) is 0 Å². The molecule has 0 aliphatic heterocycles. The van der Waals surface area contributed by atoms with Crippen LogP contribution >= 0.6 is 0 Å². The zero-order valence-corrected chi connectivity index (χ0v) is 14.0. The van der Waals surface area contributed by atoms with Crippen LogP contribution in [-0.4, -0.2) is 40.1 Å². The molecule has 1 amide bonds. The normalized spacial score (nSPS) is 13.6. The number of nitrogens with zero attached hydrogens (tertiary/aromatic N) is 1. The predicted octanol–water partition coefficient (Wildman–Crippen LogP) is 3.29. The lowest BCUT2D eigenvalue weighted by Gasteiger charge is -2.16. The number of alkyl halides is 3. The van der Waals surface area contributed by atoms with Gasteiger partial charge in [0.05, 0.1) is 5.71 Å². The molecule has 10 heteroatoms. The smallest absolute Gasteiger partial charge is 0.471 e. The number of halogens is 3. The number of carboxylic acids is 1. The van der Waals surface area contributed by atoms with Crippen LogP contribution in [-0.2, 0) is 9.59 Å². The molecule has 0 radical (unpaired) electrons. The van der Waals surface area contributed by atoms with Crippen molar-refractivity contribution in [3.8, 4) is 0 Å². The summed E-state index contributed by atoms with van der Waals surface area (Å²) in [5, 5.41) is 24.2. The van der Waals surface area contributed by atoms with Gasteiger partial charge in [0.1, 0.15) is 17.2 Å². The number of nitrogens with one attached hydrogen (secondary N) is 1. The molecular formula is C18H13F3N2O5. The van der Waals surface area contributed by atoms with Crippen LogP contribution in [0.1, 0.15) is 12.0 Å². The maximum absolute atomic E-state index is 12.4. The van der Waals surface area contributed by atoms with E-state index in [1.165, 1.54) is 11.4 Å². The van der Waals surface area contributed by atoms with Crippen LogP contribution in [0, 0.1) is 0 Å². The van der Waals surface area contributed by atoms with Crippen LogP contribution in [0.4, 0.5) is 13.2 Å². The Balaban J connectivity index is 1.92. The highest BCUT2D eigenvalue weighted by atomic mass is 19.4. The molecule has 1 heterocycles. The van der Waals surface area contributed by atoms with Crippen LogP contribution in [0.15, 0.2) is 52.0 Å². The van der Waals surface area contributed by atoms with E-state index in [4.69, 9.17) is 9.52 Å². The number of carbonyl (C=O) groups excluding carboxylic acids is 1. The highest BCUT2D eigenvalue weighted by Gasteiger charge is 2.41. The number of hydrogen-bond donors (Lipinski definition) is 3. The van der Waals surface area contributed by atoms with E-state index in [2.05, 4.69) is 5.16 Å². The van der Waals surface area contributed by atoms with E-state index in [0.717, 1.165) is 5.39 Å². The molecule has 3 rings (SSSR count). The van der Waals surface area contributed by atoms with Gasteiger partial charge in [-0.1, -0.05) is 23.4 Å². The standard InChI is InChI=1S/C18H13F3N2O5/c19-18(20,21)17(26)22-13(16(24)25)8-12(23-27)9-5-6-15-11(7-9)10-3-1-2-4-14(10)28-15/h1-7,13,27H,8H2,(H,22,26)(H,24,25). The minimum absolute atomic E-state index is 0.206. The Hall–Kier alpha value is -3.56. The lowest BCUT2D eigenvalue weighted by molar-refractivity contribution is -0.175. The zero-order chi connectivity index (χ0) is 20.5. The number of amides is 1. The van der Waals surface area contributed by atoms with Gasteiger partial charge in [-0.25, -0.2) is 4.79 Å². The average Bonchev–Trinajstić information content (AvgIpc) is 3.01. The fraction of sp³-hybridized carbons (Fsp3) is 0.167. The fourth-order valence-electron chi connectivity index (χ4n) is 2.76. The second-order valence-corrected chi connectivity index (χ2v) is 5.92. The first-order chi connectivity index (χ1) is 13.2. The molecular weight excluding hydrogens is 381 g/mol. The topological polar surface area (TPSA) is 112 Å². The molecule has 0 saturated heterocycles. The van der Waals surface area contributed by atoms with Gasteiger partial charge in [-0.15, -0.1) is 0 Å². The highest BCUT2D eigenvalue weighted by Crippen LogP contribution is 2.29. The summed E-state index contributed by atoms with van der Waals surface area (Å²) in [5.74, 6) is -4.10. The van der Waals surface area contributed by atoms with E-state index in [1.807, 2.05) is 0 Å². The Morgan fingerprint density at radius 3 is 2.43 bits per heavy atom. The van der Waals surface area contributed by atoms with Crippen LogP contribution in [0.5, 0.6) is 0 Å². The quantitative estimate of drug-likeness (QED) is 0.349. The first-order valence-corrected chi connectivity index (χ1v) is 7.94.